The largest absolute Gasteiger partial charge is 0.273 e. The second kappa shape index (κ2) is 6.39. The van der Waals surface area contributed by atoms with Crippen molar-refractivity contribution in [2.75, 3.05) is 0 Å². The van der Waals surface area contributed by atoms with E-state index in [2.05, 4.69) is 35.7 Å². The van der Waals surface area contributed by atoms with Gasteiger partial charge in [0.15, 0.2) is 0 Å². The van der Waals surface area contributed by atoms with Crippen molar-refractivity contribution in [1.82, 2.24) is 5.43 Å². The molecule has 4 rings (SSSR count). The fourth-order valence-corrected chi connectivity index (χ4v) is 4.65. The molecule has 3 heteroatoms. The topological polar surface area (TPSA) is 41.5 Å². The minimum Gasteiger partial charge on any atom is -0.273 e. The van der Waals surface area contributed by atoms with Gasteiger partial charge in [-0.3, -0.25) is 4.79 Å². The van der Waals surface area contributed by atoms with Gasteiger partial charge in [-0.25, -0.2) is 5.43 Å². The van der Waals surface area contributed by atoms with Crippen LogP contribution in [0.15, 0.2) is 47.6 Å². The number of nitrogens with zero attached hydrogens (tertiary/aromatic N) is 1. The van der Waals surface area contributed by atoms with Gasteiger partial charge in [-0.15, -0.1) is 0 Å². The number of benzene rings is 2. The zero-order valence-corrected chi connectivity index (χ0v) is 14.2. The lowest BCUT2D eigenvalue weighted by atomic mass is 9.86. The van der Waals surface area contributed by atoms with Crippen LogP contribution in [0.25, 0.3) is 10.8 Å². The third-order valence-electron chi connectivity index (χ3n) is 5.86. The van der Waals surface area contributed by atoms with Gasteiger partial charge in [0.25, 0.3) is 0 Å². The molecule has 0 aromatic heterocycles. The van der Waals surface area contributed by atoms with Crippen LogP contribution in [-0.4, -0.2) is 11.6 Å². The number of hydrogen-bond donors (Lipinski definition) is 1. The number of fused-ring (bicyclic) bond motifs is 3. The quantitative estimate of drug-likeness (QED) is 0.662. The van der Waals surface area contributed by atoms with Crippen LogP contribution in [0.2, 0.25) is 0 Å². The number of hydrazone groups is 1. The Kier molecular flexibility index (Phi) is 4.09. The van der Waals surface area contributed by atoms with Crippen molar-refractivity contribution >= 4 is 22.4 Å². The first-order valence-corrected chi connectivity index (χ1v) is 9.00. The molecule has 2 aliphatic carbocycles. The molecule has 0 spiro atoms. The van der Waals surface area contributed by atoms with Crippen LogP contribution in [-0.2, 0) is 11.2 Å². The van der Waals surface area contributed by atoms with Gasteiger partial charge in [-0.1, -0.05) is 48.9 Å². The molecule has 2 saturated carbocycles. The van der Waals surface area contributed by atoms with Gasteiger partial charge in [0.1, 0.15) is 0 Å². The van der Waals surface area contributed by atoms with Crippen molar-refractivity contribution in [1.29, 1.82) is 0 Å². The van der Waals surface area contributed by atoms with E-state index in [9.17, 15) is 4.79 Å². The Hall–Kier alpha value is -2.16. The molecule has 0 radical (unpaired) electrons. The number of rotatable bonds is 4. The highest BCUT2D eigenvalue weighted by Gasteiger charge is 2.40. The maximum absolute atomic E-state index is 12.3. The van der Waals surface area contributed by atoms with Gasteiger partial charge in [-0.05, 0) is 54.4 Å². The van der Waals surface area contributed by atoms with Crippen molar-refractivity contribution in [3.63, 3.8) is 0 Å². The molecule has 0 saturated heterocycles. The summed E-state index contributed by atoms with van der Waals surface area (Å²) < 4.78 is 0. The van der Waals surface area contributed by atoms with Crippen LogP contribution in [0, 0.1) is 17.8 Å². The minimum atomic E-state index is -0.0335. The summed E-state index contributed by atoms with van der Waals surface area (Å²) in [5.74, 6) is 2.25. The molecule has 1 amide bonds. The van der Waals surface area contributed by atoms with Gasteiger partial charge in [0.05, 0.1) is 6.42 Å². The van der Waals surface area contributed by atoms with E-state index in [0.717, 1.165) is 28.5 Å². The zero-order chi connectivity index (χ0) is 16.5. The molecule has 0 unspecified atom stereocenters. The van der Waals surface area contributed by atoms with E-state index in [-0.39, 0.29) is 5.91 Å². The standard InChI is InChI=1S/C21H24N2O/c1-14(20-12-15-9-10-18(20)11-15)22-23-21(24)13-17-7-4-6-16-5-2-3-8-19(16)17/h2-8,15,18,20H,9-13H2,1H3,(H,23,24)/t15-,18-,20+/m0/s1. The lowest BCUT2D eigenvalue weighted by molar-refractivity contribution is -0.120. The first kappa shape index (κ1) is 15.4. The SMILES string of the molecule is CC(=NNC(=O)Cc1cccc2ccccc12)[C@H]1C[C@H]2CC[C@H]1C2. The highest BCUT2D eigenvalue weighted by Crippen LogP contribution is 2.48. The Balaban J connectivity index is 1.42. The normalized spacial score (nSPS) is 26.0. The van der Waals surface area contributed by atoms with Crippen molar-refractivity contribution in [3.05, 3.63) is 48.0 Å². The van der Waals surface area contributed by atoms with E-state index < -0.39 is 0 Å². The average molecular weight is 320 g/mol. The number of amides is 1. The third kappa shape index (κ3) is 2.95. The van der Waals surface area contributed by atoms with Crippen molar-refractivity contribution in [2.45, 2.75) is 39.0 Å². The van der Waals surface area contributed by atoms with Gasteiger partial charge >= 0.3 is 0 Å². The number of carbonyl (C=O) groups excluding carboxylic acids is 1. The van der Waals surface area contributed by atoms with Crippen molar-refractivity contribution < 1.29 is 4.79 Å². The molecule has 2 aromatic rings. The molecule has 124 valence electrons. The molecule has 2 aromatic carbocycles. The number of hydrogen-bond acceptors (Lipinski definition) is 2. The predicted molar refractivity (Wildman–Crippen MR) is 97.8 cm³/mol. The molecule has 0 aliphatic heterocycles. The molecule has 2 bridgehead atoms. The summed E-state index contributed by atoms with van der Waals surface area (Å²) in [6.07, 6.45) is 5.73. The van der Waals surface area contributed by atoms with Gasteiger partial charge < -0.3 is 0 Å². The molecule has 3 atom stereocenters. The lowest BCUT2D eigenvalue weighted by Crippen LogP contribution is -2.25. The zero-order valence-electron chi connectivity index (χ0n) is 14.2. The highest BCUT2D eigenvalue weighted by atomic mass is 16.2. The van der Waals surface area contributed by atoms with Gasteiger partial charge in [0.2, 0.25) is 5.91 Å². The second-order valence-corrected chi connectivity index (χ2v) is 7.38. The summed E-state index contributed by atoms with van der Waals surface area (Å²) in [7, 11) is 0. The van der Waals surface area contributed by atoms with Crippen LogP contribution in [0.1, 0.15) is 38.2 Å². The molecule has 2 aliphatic rings. The molecule has 2 fully saturated rings. The third-order valence-corrected chi connectivity index (χ3v) is 5.86. The van der Waals surface area contributed by atoms with Crippen LogP contribution >= 0.6 is 0 Å². The lowest BCUT2D eigenvalue weighted by Gasteiger charge is -2.21. The molecule has 0 heterocycles. The molecule has 3 nitrogen and oxygen atoms in total. The summed E-state index contributed by atoms with van der Waals surface area (Å²) in [4.78, 5) is 12.3. The average Bonchev–Trinajstić information content (AvgIpc) is 3.23. The Morgan fingerprint density at radius 3 is 2.75 bits per heavy atom. The molecule has 1 N–H and O–H groups in total. The first-order chi connectivity index (χ1) is 11.7. The minimum absolute atomic E-state index is 0.0335. The Bertz CT molecular complexity index is 790. The Morgan fingerprint density at radius 1 is 1.12 bits per heavy atom. The van der Waals surface area contributed by atoms with E-state index in [1.54, 1.807) is 0 Å². The summed E-state index contributed by atoms with van der Waals surface area (Å²) >= 11 is 0. The first-order valence-electron chi connectivity index (χ1n) is 9.00. The summed E-state index contributed by atoms with van der Waals surface area (Å²) in [5, 5.41) is 6.73. The van der Waals surface area contributed by atoms with Crippen LogP contribution in [0.5, 0.6) is 0 Å². The number of carbonyl (C=O) groups is 1. The van der Waals surface area contributed by atoms with Crippen LogP contribution in [0.3, 0.4) is 0 Å². The van der Waals surface area contributed by atoms with Gasteiger partial charge in [-0.2, -0.15) is 5.10 Å². The van der Waals surface area contributed by atoms with Crippen LogP contribution < -0.4 is 5.43 Å². The molecular formula is C21H24N2O. The fourth-order valence-electron chi connectivity index (χ4n) is 4.65. The smallest absolute Gasteiger partial charge is 0.244 e. The van der Waals surface area contributed by atoms with E-state index >= 15 is 0 Å². The summed E-state index contributed by atoms with van der Waals surface area (Å²) in [6, 6.07) is 14.3. The van der Waals surface area contributed by atoms with Crippen LogP contribution in [0.4, 0.5) is 0 Å². The summed E-state index contributed by atoms with van der Waals surface area (Å²) in [5.41, 5.74) is 4.94. The predicted octanol–water partition coefficient (Wildman–Crippen LogP) is 4.31. The molecule has 24 heavy (non-hydrogen) atoms. The second-order valence-electron chi connectivity index (χ2n) is 7.38. The monoisotopic (exact) mass is 320 g/mol. The van der Waals surface area contributed by atoms with E-state index in [1.165, 1.54) is 31.1 Å². The van der Waals surface area contributed by atoms with Gasteiger partial charge in [0, 0.05) is 11.6 Å². The Morgan fingerprint density at radius 2 is 1.96 bits per heavy atom. The number of nitrogens with one attached hydrogen (secondary N) is 1. The van der Waals surface area contributed by atoms with Crippen molar-refractivity contribution in [3.8, 4) is 0 Å². The molecular weight excluding hydrogens is 296 g/mol. The maximum Gasteiger partial charge on any atom is 0.244 e. The Labute approximate surface area is 143 Å². The fraction of sp³-hybridized carbons (Fsp3) is 0.429. The van der Waals surface area contributed by atoms with E-state index in [1.807, 2.05) is 24.3 Å². The van der Waals surface area contributed by atoms with Crippen molar-refractivity contribution in [2.24, 2.45) is 22.9 Å². The summed E-state index contributed by atoms with van der Waals surface area (Å²) in [6.45, 7) is 2.07. The highest BCUT2D eigenvalue weighted by molar-refractivity contribution is 5.91. The van der Waals surface area contributed by atoms with E-state index in [0.29, 0.717) is 12.3 Å². The van der Waals surface area contributed by atoms with E-state index in [4.69, 9.17) is 0 Å². The maximum atomic E-state index is 12.3.